The predicted molar refractivity (Wildman–Crippen MR) is 89.3 cm³/mol. The van der Waals surface area contributed by atoms with Crippen molar-refractivity contribution in [3.05, 3.63) is 54.1 Å². The minimum absolute atomic E-state index is 0.0470. The van der Waals surface area contributed by atoms with Gasteiger partial charge in [0, 0.05) is 26.8 Å². The Kier molecular flexibility index (Phi) is 5.27. The Hall–Kier alpha value is -2.18. The van der Waals surface area contributed by atoms with Gasteiger partial charge in [-0.15, -0.1) is 0 Å². The molecule has 0 radical (unpaired) electrons. The van der Waals surface area contributed by atoms with E-state index in [2.05, 4.69) is 10.3 Å². The van der Waals surface area contributed by atoms with Crippen LogP contribution in [0.1, 0.15) is 36.3 Å². The summed E-state index contributed by atoms with van der Waals surface area (Å²) >= 11 is 0. The van der Waals surface area contributed by atoms with E-state index in [0.717, 1.165) is 24.1 Å². The molecular weight excluding hydrogens is 306 g/mol. The van der Waals surface area contributed by atoms with Gasteiger partial charge in [0.25, 0.3) is 5.91 Å². The maximum Gasteiger partial charge on any atom is 0.253 e. The summed E-state index contributed by atoms with van der Waals surface area (Å²) in [5.41, 5.74) is 1.88. The highest BCUT2D eigenvalue weighted by atomic mass is 16.5. The molecule has 2 heterocycles. The SMILES string of the molecule is CO[C@H](C(=O)N[C@@H]1CCO[C@@H](c2cncn2C)C1)c1ccccc1. The van der Waals surface area contributed by atoms with E-state index in [0.29, 0.717) is 6.61 Å². The van der Waals surface area contributed by atoms with Crippen LogP contribution in [0.3, 0.4) is 0 Å². The number of carbonyl (C=O) groups is 1. The molecule has 1 saturated heterocycles. The number of hydrogen-bond donors (Lipinski definition) is 1. The summed E-state index contributed by atoms with van der Waals surface area (Å²) in [6.45, 7) is 0.615. The fourth-order valence-electron chi connectivity index (χ4n) is 3.11. The topological polar surface area (TPSA) is 65.4 Å². The van der Waals surface area contributed by atoms with Crippen LogP contribution >= 0.6 is 0 Å². The van der Waals surface area contributed by atoms with Crippen LogP contribution in [0, 0.1) is 0 Å². The van der Waals surface area contributed by atoms with E-state index in [4.69, 9.17) is 9.47 Å². The summed E-state index contributed by atoms with van der Waals surface area (Å²) in [4.78, 5) is 16.7. The maximum atomic E-state index is 12.6. The Bertz CT molecular complexity index is 671. The summed E-state index contributed by atoms with van der Waals surface area (Å²) in [5, 5.41) is 3.11. The smallest absolute Gasteiger partial charge is 0.253 e. The highest BCUT2D eigenvalue weighted by Gasteiger charge is 2.29. The number of hydrogen-bond acceptors (Lipinski definition) is 4. The van der Waals surface area contributed by atoms with Gasteiger partial charge in [0.1, 0.15) is 6.10 Å². The van der Waals surface area contributed by atoms with Crippen LogP contribution in [-0.2, 0) is 21.3 Å². The largest absolute Gasteiger partial charge is 0.372 e. The van der Waals surface area contributed by atoms with E-state index >= 15 is 0 Å². The molecule has 1 amide bonds. The molecule has 0 saturated carbocycles. The zero-order chi connectivity index (χ0) is 16.9. The Morgan fingerprint density at radius 3 is 2.88 bits per heavy atom. The molecule has 0 unspecified atom stereocenters. The third-order valence-corrected chi connectivity index (χ3v) is 4.39. The lowest BCUT2D eigenvalue weighted by Crippen LogP contribution is -2.42. The fourth-order valence-corrected chi connectivity index (χ4v) is 3.11. The van der Waals surface area contributed by atoms with Crippen molar-refractivity contribution in [2.45, 2.75) is 31.1 Å². The van der Waals surface area contributed by atoms with Crippen molar-refractivity contribution in [3.63, 3.8) is 0 Å². The molecule has 1 fully saturated rings. The van der Waals surface area contributed by atoms with E-state index in [1.54, 1.807) is 13.4 Å². The van der Waals surface area contributed by atoms with Crippen LogP contribution in [0.15, 0.2) is 42.9 Å². The molecule has 2 aromatic rings. The Morgan fingerprint density at radius 2 is 2.21 bits per heavy atom. The molecule has 3 rings (SSSR count). The third-order valence-electron chi connectivity index (χ3n) is 4.39. The number of imidazole rings is 1. The lowest BCUT2D eigenvalue weighted by Gasteiger charge is -2.31. The van der Waals surface area contributed by atoms with E-state index in [1.165, 1.54) is 0 Å². The Labute approximate surface area is 141 Å². The number of amides is 1. The molecule has 24 heavy (non-hydrogen) atoms. The van der Waals surface area contributed by atoms with Crippen LogP contribution in [0.4, 0.5) is 0 Å². The van der Waals surface area contributed by atoms with Gasteiger partial charge in [-0.3, -0.25) is 4.79 Å². The normalized spacial score (nSPS) is 22.1. The van der Waals surface area contributed by atoms with Gasteiger partial charge < -0.3 is 19.4 Å². The first-order chi connectivity index (χ1) is 11.7. The van der Waals surface area contributed by atoms with Gasteiger partial charge in [-0.1, -0.05) is 30.3 Å². The van der Waals surface area contributed by atoms with Crippen LogP contribution < -0.4 is 5.32 Å². The molecule has 6 heteroatoms. The highest BCUT2D eigenvalue weighted by Crippen LogP contribution is 2.28. The van der Waals surface area contributed by atoms with E-state index < -0.39 is 6.10 Å². The van der Waals surface area contributed by atoms with Gasteiger partial charge in [0.2, 0.25) is 0 Å². The first-order valence-electron chi connectivity index (χ1n) is 8.15. The molecule has 1 aromatic heterocycles. The van der Waals surface area contributed by atoms with E-state index in [9.17, 15) is 4.79 Å². The second kappa shape index (κ2) is 7.59. The number of aromatic nitrogens is 2. The Balaban J connectivity index is 1.64. The van der Waals surface area contributed by atoms with E-state index in [1.807, 2.05) is 48.1 Å². The maximum absolute atomic E-state index is 12.6. The van der Waals surface area contributed by atoms with Crippen LogP contribution in [0.25, 0.3) is 0 Å². The number of carbonyl (C=O) groups excluding carboxylic acids is 1. The van der Waals surface area contributed by atoms with Gasteiger partial charge in [-0.25, -0.2) is 4.98 Å². The molecular formula is C18H23N3O3. The summed E-state index contributed by atoms with van der Waals surface area (Å²) in [5.74, 6) is -0.112. The first-order valence-corrected chi connectivity index (χ1v) is 8.15. The average Bonchev–Trinajstić information content (AvgIpc) is 3.03. The number of rotatable bonds is 5. The molecule has 1 aliphatic heterocycles. The summed E-state index contributed by atoms with van der Waals surface area (Å²) in [7, 11) is 3.50. The number of nitrogens with one attached hydrogen (secondary N) is 1. The lowest BCUT2D eigenvalue weighted by molar-refractivity contribution is -0.133. The first kappa shape index (κ1) is 16.7. The van der Waals surface area contributed by atoms with Crippen molar-refractivity contribution in [1.82, 2.24) is 14.9 Å². The molecule has 3 atom stereocenters. The molecule has 6 nitrogen and oxygen atoms in total. The third kappa shape index (κ3) is 3.66. The molecule has 1 aromatic carbocycles. The minimum atomic E-state index is -0.593. The van der Waals surface area contributed by atoms with Crippen molar-refractivity contribution in [2.24, 2.45) is 7.05 Å². The van der Waals surface area contributed by atoms with Crippen molar-refractivity contribution in [1.29, 1.82) is 0 Å². The molecule has 1 N–H and O–H groups in total. The summed E-state index contributed by atoms with van der Waals surface area (Å²) in [6, 6.07) is 9.59. The lowest BCUT2D eigenvalue weighted by atomic mass is 10.00. The van der Waals surface area contributed by atoms with Crippen LogP contribution in [-0.4, -0.2) is 35.2 Å². The molecule has 0 aliphatic carbocycles. The Morgan fingerprint density at radius 1 is 1.42 bits per heavy atom. The number of ether oxygens (including phenoxy) is 2. The standard InChI is InChI=1S/C18H23N3O3/c1-21-12-19-11-15(21)16-10-14(8-9-24-16)20-18(22)17(23-2)13-6-4-3-5-7-13/h3-7,11-12,14,16-17H,8-10H2,1-2H3,(H,20,22)/t14-,16-,17+/m1/s1. The van der Waals surface area contributed by atoms with Crippen molar-refractivity contribution in [2.75, 3.05) is 13.7 Å². The molecule has 0 spiro atoms. The van der Waals surface area contributed by atoms with Gasteiger partial charge in [-0.05, 0) is 18.4 Å². The minimum Gasteiger partial charge on any atom is -0.372 e. The van der Waals surface area contributed by atoms with Gasteiger partial charge in [-0.2, -0.15) is 0 Å². The van der Waals surface area contributed by atoms with Crippen molar-refractivity contribution >= 4 is 5.91 Å². The van der Waals surface area contributed by atoms with Crippen LogP contribution in [0.5, 0.6) is 0 Å². The molecule has 0 bridgehead atoms. The average molecular weight is 329 g/mol. The summed E-state index contributed by atoms with van der Waals surface area (Å²) in [6.07, 6.45) is 4.47. The second-order valence-electron chi connectivity index (χ2n) is 6.05. The second-order valence-corrected chi connectivity index (χ2v) is 6.05. The number of benzene rings is 1. The fraction of sp³-hybridized carbons (Fsp3) is 0.444. The van der Waals surface area contributed by atoms with E-state index in [-0.39, 0.29) is 18.1 Å². The summed E-state index contributed by atoms with van der Waals surface area (Å²) < 4.78 is 13.2. The monoisotopic (exact) mass is 329 g/mol. The number of nitrogens with zero attached hydrogens (tertiary/aromatic N) is 2. The molecule has 128 valence electrons. The number of aryl methyl sites for hydroxylation is 1. The van der Waals surface area contributed by atoms with Crippen molar-refractivity contribution in [3.8, 4) is 0 Å². The predicted octanol–water partition coefficient (Wildman–Crippen LogP) is 2.14. The number of methoxy groups -OCH3 is 1. The van der Waals surface area contributed by atoms with Crippen LogP contribution in [0.2, 0.25) is 0 Å². The van der Waals surface area contributed by atoms with Crippen molar-refractivity contribution < 1.29 is 14.3 Å². The van der Waals surface area contributed by atoms with Gasteiger partial charge in [0.15, 0.2) is 6.10 Å². The quantitative estimate of drug-likeness (QED) is 0.913. The van der Waals surface area contributed by atoms with Gasteiger partial charge >= 0.3 is 0 Å². The van der Waals surface area contributed by atoms with Gasteiger partial charge in [0.05, 0.1) is 18.2 Å². The zero-order valence-electron chi connectivity index (χ0n) is 14.0. The zero-order valence-corrected chi connectivity index (χ0v) is 14.0. The molecule has 1 aliphatic rings. The highest BCUT2D eigenvalue weighted by molar-refractivity contribution is 5.82.